The van der Waals surface area contributed by atoms with Crippen molar-refractivity contribution in [2.45, 2.75) is 187 Å². The summed E-state index contributed by atoms with van der Waals surface area (Å²) in [6.45, 7) is 55.2. The van der Waals surface area contributed by atoms with Crippen molar-refractivity contribution < 1.29 is 26.5 Å². The van der Waals surface area contributed by atoms with Crippen molar-refractivity contribution in [3.05, 3.63) is 135 Å². The molecule has 0 radical (unpaired) electrons. The van der Waals surface area contributed by atoms with Gasteiger partial charge in [-0.2, -0.15) is 0 Å². The molecule has 0 atom stereocenters. The Balaban J connectivity index is 0.000000432. The fourth-order valence-electron chi connectivity index (χ4n) is 7.14. The van der Waals surface area contributed by atoms with E-state index in [4.69, 9.17) is 26.5 Å². The summed E-state index contributed by atoms with van der Waals surface area (Å²) < 4.78 is 32.5. The molecule has 0 unspecified atom stereocenters. The predicted octanol–water partition coefficient (Wildman–Crippen LogP) is 25.7. The minimum Gasteiger partial charge on any atom is -0.453 e. The molecule has 0 aliphatic heterocycles. The minimum atomic E-state index is 1.00. The van der Waals surface area contributed by atoms with Gasteiger partial charge in [0.05, 0.1) is 12.5 Å². The van der Waals surface area contributed by atoms with Gasteiger partial charge >= 0.3 is 0 Å². The van der Waals surface area contributed by atoms with Crippen LogP contribution in [0.3, 0.4) is 0 Å². The molecule has 0 amide bonds. The Kier molecular flexibility index (Phi) is 31.3. The van der Waals surface area contributed by atoms with Gasteiger partial charge in [0.2, 0.25) is 0 Å². The van der Waals surface area contributed by atoms with E-state index in [1.54, 1.807) is 74.3 Å². The Bertz CT molecular complexity index is 3250. The average molecular weight is 1140 g/mol. The maximum atomic E-state index is 5.54. The van der Waals surface area contributed by atoms with Gasteiger partial charge in [0.1, 0.15) is 23.0 Å². The zero-order valence-electron chi connectivity index (χ0n) is 50.6. The summed E-state index contributed by atoms with van der Waals surface area (Å²) in [5.41, 5.74) is 9.07. The zero-order chi connectivity index (χ0) is 57.4. The van der Waals surface area contributed by atoms with Crippen molar-refractivity contribution in [2.75, 3.05) is 0 Å². The van der Waals surface area contributed by atoms with Gasteiger partial charge in [0, 0.05) is 51.8 Å². The molecular weight excluding hydrogens is 1050 g/mol. The van der Waals surface area contributed by atoms with Crippen LogP contribution in [0.4, 0.5) is 0 Å². The molecule has 0 bridgehead atoms. The first-order valence-corrected chi connectivity index (χ1v) is 31.6. The van der Waals surface area contributed by atoms with Gasteiger partial charge in [-0.25, -0.2) is 0 Å². The summed E-state index contributed by atoms with van der Waals surface area (Å²) in [5, 5.41) is 11.9. The van der Waals surface area contributed by atoms with Crippen molar-refractivity contribution in [3.8, 4) is 0 Å². The largest absolute Gasteiger partial charge is 0.453 e. The van der Waals surface area contributed by atoms with Crippen LogP contribution in [0, 0.1) is 104 Å². The highest BCUT2D eigenvalue weighted by Crippen LogP contribution is 2.35. The monoisotopic (exact) mass is 1130 g/mol. The second-order valence-corrected chi connectivity index (χ2v) is 22.5. The number of hydrogen-bond donors (Lipinski definition) is 0. The molecule has 0 fully saturated rings. The van der Waals surface area contributed by atoms with Crippen LogP contribution >= 0.6 is 68.0 Å². The van der Waals surface area contributed by atoms with E-state index in [-0.39, 0.29) is 0 Å². The SMILES string of the molecule is CC.CC.CC.CC.CC.CC.Cc1cc2c(C)c(C)oc2s1.Cc1cc2c(C)c(C)sc2o1.Cc1cc2c(C)coc2s1.Cc1cc2cc(C)sc2o1.Cc1coc2scc(C)c12.Cc1oc2scc(C)c2c1C. The van der Waals surface area contributed by atoms with E-state index in [1.165, 1.54) is 90.8 Å². The molecule has 414 valence electrons. The lowest BCUT2D eigenvalue weighted by Gasteiger charge is -1.86. The highest BCUT2D eigenvalue weighted by molar-refractivity contribution is 7.19. The Morgan fingerprint density at radius 3 is 1.28 bits per heavy atom. The number of thiophene rings is 6. The van der Waals surface area contributed by atoms with E-state index < -0.39 is 0 Å². The van der Waals surface area contributed by atoms with Crippen molar-refractivity contribution >= 4 is 130 Å². The van der Waals surface area contributed by atoms with Crippen LogP contribution < -0.4 is 0 Å². The topological polar surface area (TPSA) is 78.8 Å². The summed E-state index contributed by atoms with van der Waals surface area (Å²) in [7, 11) is 0. The maximum absolute atomic E-state index is 5.54. The molecule has 12 heterocycles. The first-order chi connectivity index (χ1) is 35.9. The third-order valence-electron chi connectivity index (χ3n) is 10.8. The standard InChI is InChI=1S/3C9H10OS.3C8H8OS.6C2H6/c1-5-4-11-9-8(5)6(2)7(3)10-9;1-5-4-8-6(2)7(3)10-9(8)11-5;1-5-4-8-6(2)7(3)11-9(8)10-5;1-5-4-9-8-7(5)3-6(2)10-8;1-5-3-9-8-7(5)6(2)4-10-8;1-5-3-7-4-6(2)10-8(7)9-5;6*1-2/h3*4H,1-3H3;3*3-4H,1-2H3;6*1-2H3. The maximum Gasteiger partial charge on any atom is 0.188 e. The summed E-state index contributed by atoms with van der Waals surface area (Å²) in [4.78, 5) is 11.7. The van der Waals surface area contributed by atoms with Crippen LogP contribution in [0.2, 0.25) is 0 Å². The molecular formula is C63H90O6S6. The molecule has 12 heteroatoms. The molecule has 0 aliphatic rings. The second kappa shape index (κ2) is 34.3. The fourth-order valence-corrected chi connectivity index (χ4v) is 12.9. The van der Waals surface area contributed by atoms with Gasteiger partial charge < -0.3 is 26.5 Å². The van der Waals surface area contributed by atoms with Crippen molar-refractivity contribution in [2.24, 2.45) is 0 Å². The second-order valence-electron chi connectivity index (χ2n) is 16.0. The van der Waals surface area contributed by atoms with Crippen LogP contribution in [-0.4, -0.2) is 0 Å². The number of fused-ring (bicyclic) bond motifs is 6. The van der Waals surface area contributed by atoms with Crippen molar-refractivity contribution in [3.63, 3.8) is 0 Å². The quantitative estimate of drug-likeness (QED) is 0.151. The number of furan rings is 6. The molecule has 75 heavy (non-hydrogen) atoms. The van der Waals surface area contributed by atoms with Crippen LogP contribution in [0.15, 0.2) is 80.1 Å². The molecule has 12 rings (SSSR count). The lowest BCUT2D eigenvalue weighted by atomic mass is 10.1. The summed E-state index contributed by atoms with van der Waals surface area (Å²) >= 11 is 10.2. The first kappa shape index (κ1) is 68.5. The number of aryl methyl sites for hydroxylation is 15. The zero-order valence-corrected chi connectivity index (χ0v) is 55.5. The Morgan fingerprint density at radius 2 is 0.747 bits per heavy atom. The Morgan fingerprint density at radius 1 is 0.320 bits per heavy atom. The van der Waals surface area contributed by atoms with Gasteiger partial charge in [-0.1, -0.05) is 83.1 Å². The highest BCUT2D eigenvalue weighted by Gasteiger charge is 2.12. The Hall–Kier alpha value is -4.56. The third-order valence-corrected chi connectivity index (χ3v) is 16.7. The summed E-state index contributed by atoms with van der Waals surface area (Å²) in [5.74, 6) is 4.11. The highest BCUT2D eigenvalue weighted by atomic mass is 32.1. The predicted molar refractivity (Wildman–Crippen MR) is 344 cm³/mol. The Labute approximate surface area is 474 Å². The molecule has 0 spiro atoms. The molecule has 0 aromatic carbocycles. The van der Waals surface area contributed by atoms with Gasteiger partial charge in [-0.3, -0.25) is 0 Å². The molecule has 12 aromatic rings. The fraction of sp³-hybridized carbons (Fsp3) is 0.429. The molecule has 0 saturated carbocycles. The summed E-state index contributed by atoms with van der Waals surface area (Å²) in [6.07, 6.45) is 3.62. The molecule has 12 aromatic heterocycles. The van der Waals surface area contributed by atoms with E-state index >= 15 is 0 Å². The third kappa shape index (κ3) is 18.3. The van der Waals surface area contributed by atoms with Gasteiger partial charge in [0.25, 0.3) is 0 Å². The van der Waals surface area contributed by atoms with E-state index in [1.807, 2.05) is 117 Å². The van der Waals surface area contributed by atoms with E-state index in [0.29, 0.717) is 0 Å². The molecule has 0 N–H and O–H groups in total. The van der Waals surface area contributed by atoms with Gasteiger partial charge in [-0.05, 0) is 184 Å². The van der Waals surface area contributed by atoms with Crippen molar-refractivity contribution in [1.82, 2.24) is 0 Å². The lowest BCUT2D eigenvalue weighted by Crippen LogP contribution is -1.71. The number of hydrogen-bond acceptors (Lipinski definition) is 12. The summed E-state index contributed by atoms with van der Waals surface area (Å²) in [6, 6.07) is 10.7. The number of rotatable bonds is 0. The average Bonchev–Trinajstić information content (AvgIpc) is 4.30. The van der Waals surface area contributed by atoms with Crippen molar-refractivity contribution in [1.29, 1.82) is 0 Å². The molecule has 0 saturated heterocycles. The van der Waals surface area contributed by atoms with Crippen LogP contribution in [0.5, 0.6) is 0 Å². The van der Waals surface area contributed by atoms with E-state index in [2.05, 4.69) is 117 Å². The lowest BCUT2D eigenvalue weighted by molar-refractivity contribution is 0.581. The first-order valence-electron chi connectivity index (χ1n) is 26.6. The molecule has 6 nitrogen and oxygen atoms in total. The van der Waals surface area contributed by atoms with Crippen LogP contribution in [0.1, 0.15) is 165 Å². The van der Waals surface area contributed by atoms with Crippen LogP contribution in [-0.2, 0) is 0 Å². The van der Waals surface area contributed by atoms with E-state index in [9.17, 15) is 0 Å². The normalized spacial score (nSPS) is 9.80. The van der Waals surface area contributed by atoms with E-state index in [0.717, 1.165) is 52.4 Å². The van der Waals surface area contributed by atoms with Gasteiger partial charge in [-0.15, -0.1) is 68.0 Å². The molecule has 0 aliphatic carbocycles. The van der Waals surface area contributed by atoms with Crippen LogP contribution in [0.25, 0.3) is 61.7 Å². The minimum absolute atomic E-state index is 1.00. The smallest absolute Gasteiger partial charge is 0.188 e. The van der Waals surface area contributed by atoms with Gasteiger partial charge in [0.15, 0.2) is 29.4 Å².